The summed E-state index contributed by atoms with van der Waals surface area (Å²) in [6.45, 7) is 6.63. The Kier molecular flexibility index (Phi) is 6.85. The van der Waals surface area contributed by atoms with Gasteiger partial charge in [0.2, 0.25) is 0 Å². The number of fused-ring (bicyclic) bond motifs is 1. The zero-order valence-electron chi connectivity index (χ0n) is 19.1. The number of morpholine rings is 1. The molecule has 0 saturated carbocycles. The summed E-state index contributed by atoms with van der Waals surface area (Å²) in [4.78, 5) is 22.7. The Labute approximate surface area is 203 Å². The molecule has 3 aromatic carbocycles. The first-order chi connectivity index (χ1) is 16.7. The highest BCUT2D eigenvalue weighted by Crippen LogP contribution is 2.31. The Hall–Kier alpha value is -3.26. The van der Waals surface area contributed by atoms with Crippen LogP contribution in [0.4, 0.5) is 5.13 Å². The fourth-order valence-corrected chi connectivity index (χ4v) is 5.05. The number of para-hydroxylation sites is 2. The van der Waals surface area contributed by atoms with Crippen molar-refractivity contribution in [1.82, 2.24) is 9.88 Å². The van der Waals surface area contributed by atoms with Crippen LogP contribution in [0, 0.1) is 6.92 Å². The van der Waals surface area contributed by atoms with Crippen LogP contribution in [0.25, 0.3) is 10.2 Å². The van der Waals surface area contributed by atoms with Crippen LogP contribution in [0.1, 0.15) is 15.9 Å². The van der Waals surface area contributed by atoms with E-state index in [1.165, 1.54) is 0 Å². The van der Waals surface area contributed by atoms with Crippen LogP contribution in [0.2, 0.25) is 0 Å². The van der Waals surface area contributed by atoms with Gasteiger partial charge in [0, 0.05) is 31.7 Å². The smallest absolute Gasteiger partial charge is 0.260 e. The number of rotatable bonds is 7. The third-order valence-electron chi connectivity index (χ3n) is 5.91. The maximum absolute atomic E-state index is 13.7. The normalized spacial score (nSPS) is 14.3. The van der Waals surface area contributed by atoms with Gasteiger partial charge in [0.05, 0.1) is 23.4 Å². The number of carbonyl (C=O) groups excluding carboxylic acids is 1. The molecule has 4 aromatic rings. The van der Waals surface area contributed by atoms with Gasteiger partial charge in [0.1, 0.15) is 11.5 Å². The van der Waals surface area contributed by atoms with E-state index in [-0.39, 0.29) is 5.91 Å². The molecule has 174 valence electrons. The first kappa shape index (κ1) is 22.5. The molecule has 1 aromatic heterocycles. The molecule has 0 bridgehead atoms. The maximum Gasteiger partial charge on any atom is 0.260 e. The monoisotopic (exact) mass is 473 g/mol. The van der Waals surface area contributed by atoms with Crippen LogP contribution in [0.5, 0.6) is 11.5 Å². The van der Waals surface area contributed by atoms with Gasteiger partial charge in [-0.3, -0.25) is 14.6 Å². The van der Waals surface area contributed by atoms with Gasteiger partial charge < -0.3 is 9.47 Å². The van der Waals surface area contributed by atoms with Gasteiger partial charge in [0.25, 0.3) is 5.91 Å². The molecule has 0 atom stereocenters. The molecule has 5 rings (SSSR count). The van der Waals surface area contributed by atoms with Crippen LogP contribution in [-0.2, 0) is 4.74 Å². The van der Waals surface area contributed by atoms with Crippen molar-refractivity contribution < 1.29 is 14.3 Å². The molecule has 0 N–H and O–H groups in total. The van der Waals surface area contributed by atoms with Gasteiger partial charge in [-0.15, -0.1) is 0 Å². The predicted molar refractivity (Wildman–Crippen MR) is 136 cm³/mol. The number of hydrogen-bond acceptors (Lipinski definition) is 6. The van der Waals surface area contributed by atoms with Crippen molar-refractivity contribution in [2.24, 2.45) is 0 Å². The molecule has 0 spiro atoms. The minimum Gasteiger partial charge on any atom is -0.457 e. The first-order valence-corrected chi connectivity index (χ1v) is 12.3. The van der Waals surface area contributed by atoms with Gasteiger partial charge in [-0.05, 0) is 55.0 Å². The van der Waals surface area contributed by atoms with E-state index in [1.54, 1.807) is 11.3 Å². The number of aryl methyl sites for hydroxylation is 1. The highest BCUT2D eigenvalue weighted by atomic mass is 32.1. The molecular weight excluding hydrogens is 446 g/mol. The molecule has 2 heterocycles. The Morgan fingerprint density at radius 3 is 2.47 bits per heavy atom. The molecule has 0 radical (unpaired) electrons. The molecule has 1 amide bonds. The zero-order valence-corrected chi connectivity index (χ0v) is 20.0. The summed E-state index contributed by atoms with van der Waals surface area (Å²) in [5.41, 5.74) is 2.68. The number of hydrogen-bond donors (Lipinski definition) is 0. The fourth-order valence-electron chi connectivity index (χ4n) is 3.99. The largest absolute Gasteiger partial charge is 0.457 e. The number of nitrogens with zero attached hydrogens (tertiary/aromatic N) is 3. The maximum atomic E-state index is 13.7. The van der Waals surface area contributed by atoms with Crippen LogP contribution < -0.4 is 9.64 Å². The zero-order chi connectivity index (χ0) is 23.3. The van der Waals surface area contributed by atoms with Gasteiger partial charge >= 0.3 is 0 Å². The van der Waals surface area contributed by atoms with Crippen LogP contribution >= 0.6 is 11.3 Å². The molecule has 6 nitrogen and oxygen atoms in total. The minimum atomic E-state index is -0.0590. The highest BCUT2D eigenvalue weighted by molar-refractivity contribution is 7.22. The van der Waals surface area contributed by atoms with Crippen LogP contribution in [0.3, 0.4) is 0 Å². The van der Waals surface area contributed by atoms with E-state index >= 15 is 0 Å². The number of amides is 1. The van der Waals surface area contributed by atoms with Crippen molar-refractivity contribution in [1.29, 1.82) is 0 Å². The SMILES string of the molecule is Cc1cccc2sc(N(CCN3CCOCC3)C(=O)c3ccc(Oc4ccccc4)cc3)nc12. The summed E-state index contributed by atoms with van der Waals surface area (Å²) in [5.74, 6) is 1.40. The lowest BCUT2D eigenvalue weighted by Crippen LogP contribution is -2.43. The fraction of sp³-hybridized carbons (Fsp3) is 0.259. The van der Waals surface area contributed by atoms with Crippen molar-refractivity contribution in [3.05, 3.63) is 83.9 Å². The number of carbonyl (C=O) groups is 1. The topological polar surface area (TPSA) is 54.9 Å². The van der Waals surface area contributed by atoms with Crippen molar-refractivity contribution in [2.75, 3.05) is 44.3 Å². The highest BCUT2D eigenvalue weighted by Gasteiger charge is 2.23. The second kappa shape index (κ2) is 10.3. The van der Waals surface area contributed by atoms with Crippen LogP contribution in [0.15, 0.2) is 72.8 Å². The lowest BCUT2D eigenvalue weighted by atomic mass is 10.2. The average molecular weight is 474 g/mol. The van der Waals surface area contributed by atoms with Crippen molar-refractivity contribution in [3.8, 4) is 11.5 Å². The molecule has 0 unspecified atom stereocenters. The number of ether oxygens (including phenoxy) is 2. The molecular formula is C27H27N3O3S. The third-order valence-corrected chi connectivity index (χ3v) is 6.95. The Morgan fingerprint density at radius 2 is 1.74 bits per heavy atom. The second-order valence-electron chi connectivity index (χ2n) is 8.27. The van der Waals surface area contributed by atoms with Crippen molar-refractivity contribution in [2.45, 2.75) is 6.92 Å². The molecule has 34 heavy (non-hydrogen) atoms. The Balaban J connectivity index is 1.39. The summed E-state index contributed by atoms with van der Waals surface area (Å²) in [5, 5.41) is 0.729. The first-order valence-electron chi connectivity index (χ1n) is 11.5. The molecule has 1 fully saturated rings. The molecule has 1 saturated heterocycles. The number of benzene rings is 3. The van der Waals surface area contributed by atoms with E-state index in [0.717, 1.165) is 59.5 Å². The van der Waals surface area contributed by atoms with Gasteiger partial charge in [0.15, 0.2) is 5.13 Å². The molecule has 1 aliphatic rings. The quantitative estimate of drug-likeness (QED) is 0.361. The Morgan fingerprint density at radius 1 is 1.00 bits per heavy atom. The number of aromatic nitrogens is 1. The number of thiazole rings is 1. The van der Waals surface area contributed by atoms with Gasteiger partial charge in [-0.2, -0.15) is 0 Å². The van der Waals surface area contributed by atoms with E-state index in [2.05, 4.69) is 24.0 Å². The molecule has 7 heteroatoms. The van der Waals surface area contributed by atoms with E-state index in [1.807, 2.05) is 65.6 Å². The lowest BCUT2D eigenvalue weighted by Gasteiger charge is -2.29. The lowest BCUT2D eigenvalue weighted by molar-refractivity contribution is 0.0391. The second-order valence-corrected chi connectivity index (χ2v) is 9.28. The summed E-state index contributed by atoms with van der Waals surface area (Å²) in [6.07, 6.45) is 0. The Bertz CT molecular complexity index is 1250. The summed E-state index contributed by atoms with van der Waals surface area (Å²) in [7, 11) is 0. The van der Waals surface area contributed by atoms with E-state index < -0.39 is 0 Å². The van der Waals surface area contributed by atoms with Crippen molar-refractivity contribution >= 4 is 32.6 Å². The van der Waals surface area contributed by atoms with Gasteiger partial charge in [-0.25, -0.2) is 4.98 Å². The minimum absolute atomic E-state index is 0.0590. The average Bonchev–Trinajstić information content (AvgIpc) is 3.31. The standard InChI is InChI=1S/C27H27N3O3S/c1-20-6-5-9-24-25(20)28-27(34-24)30(15-14-29-16-18-32-19-17-29)26(31)21-10-12-23(13-11-21)33-22-7-3-2-4-8-22/h2-13H,14-19H2,1H3. The molecule has 0 aliphatic carbocycles. The summed E-state index contributed by atoms with van der Waals surface area (Å²) >= 11 is 1.56. The third kappa shape index (κ3) is 5.12. The number of anilines is 1. The van der Waals surface area contributed by atoms with Gasteiger partial charge in [-0.1, -0.05) is 41.7 Å². The van der Waals surface area contributed by atoms with E-state index in [0.29, 0.717) is 17.9 Å². The van der Waals surface area contributed by atoms with E-state index in [9.17, 15) is 4.79 Å². The predicted octanol–water partition coefficient (Wildman–Crippen LogP) is 5.38. The van der Waals surface area contributed by atoms with E-state index in [4.69, 9.17) is 14.5 Å². The molecule has 1 aliphatic heterocycles. The van der Waals surface area contributed by atoms with Crippen molar-refractivity contribution in [3.63, 3.8) is 0 Å². The summed E-state index contributed by atoms with van der Waals surface area (Å²) < 4.78 is 12.4. The van der Waals surface area contributed by atoms with Crippen LogP contribution in [-0.4, -0.2) is 55.2 Å². The summed E-state index contributed by atoms with van der Waals surface area (Å²) in [6, 6.07) is 23.1.